The van der Waals surface area contributed by atoms with Crippen LogP contribution >= 0.6 is 23.2 Å². The standard InChI is InChI=1S/C21H14Cl2F4N2O4/c1-19(12-5-14(22)16(24)15(23)6-12)32-17(28-33-19)10-2-3-13-11(4-10)7-31-20(13)8-29(9-20)18(30)21(25,26)27/h2-6H,7-9H2,1H3. The molecule has 1 unspecified atom stereocenters. The zero-order valence-electron chi connectivity index (χ0n) is 16.8. The first-order valence-electron chi connectivity index (χ1n) is 9.66. The van der Waals surface area contributed by atoms with Crippen LogP contribution in [0.2, 0.25) is 10.0 Å². The summed E-state index contributed by atoms with van der Waals surface area (Å²) in [6.07, 6.45) is -4.92. The molecule has 1 spiro atoms. The summed E-state index contributed by atoms with van der Waals surface area (Å²) in [5.41, 5.74) is 1.38. The molecule has 0 saturated carbocycles. The molecule has 33 heavy (non-hydrogen) atoms. The number of fused-ring (bicyclic) bond motifs is 2. The Hall–Kier alpha value is -2.56. The van der Waals surface area contributed by atoms with E-state index in [2.05, 4.69) is 5.16 Å². The highest BCUT2D eigenvalue weighted by atomic mass is 35.5. The van der Waals surface area contributed by atoms with Gasteiger partial charge in [0.25, 0.3) is 5.90 Å². The third kappa shape index (κ3) is 3.51. The summed E-state index contributed by atoms with van der Waals surface area (Å²) < 4.78 is 63.4. The number of likely N-dealkylation sites (tertiary alicyclic amines) is 1. The van der Waals surface area contributed by atoms with E-state index in [4.69, 9.17) is 37.5 Å². The lowest BCUT2D eigenvalue weighted by atomic mass is 9.84. The molecule has 0 N–H and O–H groups in total. The lowest BCUT2D eigenvalue weighted by molar-refractivity contribution is -0.209. The monoisotopic (exact) mass is 504 g/mol. The second-order valence-electron chi connectivity index (χ2n) is 8.10. The van der Waals surface area contributed by atoms with E-state index in [-0.39, 0.29) is 35.6 Å². The molecule has 2 aromatic rings. The number of carbonyl (C=O) groups excluding carboxylic acids is 1. The van der Waals surface area contributed by atoms with Crippen LogP contribution in [-0.2, 0) is 37.1 Å². The molecular weight excluding hydrogens is 491 g/mol. The number of amides is 1. The zero-order valence-corrected chi connectivity index (χ0v) is 18.3. The Kier molecular flexibility index (Phi) is 4.86. The second-order valence-corrected chi connectivity index (χ2v) is 8.92. The van der Waals surface area contributed by atoms with Crippen molar-refractivity contribution in [3.8, 4) is 0 Å². The van der Waals surface area contributed by atoms with Crippen molar-refractivity contribution in [3.63, 3.8) is 0 Å². The number of rotatable bonds is 2. The van der Waals surface area contributed by atoms with E-state index in [0.717, 1.165) is 5.56 Å². The molecule has 0 aliphatic carbocycles. The third-order valence-corrected chi connectivity index (χ3v) is 6.42. The van der Waals surface area contributed by atoms with Crippen LogP contribution in [0.1, 0.15) is 29.2 Å². The Morgan fingerprint density at radius 1 is 1.15 bits per heavy atom. The molecule has 0 bridgehead atoms. The molecule has 1 saturated heterocycles. The minimum absolute atomic E-state index is 0.139. The Labute approximate surface area is 194 Å². The van der Waals surface area contributed by atoms with Gasteiger partial charge >= 0.3 is 17.9 Å². The maximum absolute atomic E-state index is 13.8. The zero-order chi connectivity index (χ0) is 23.8. The number of carbonyl (C=O) groups is 1. The smallest absolute Gasteiger partial charge is 0.426 e. The van der Waals surface area contributed by atoms with E-state index >= 15 is 0 Å². The number of alkyl halides is 3. The van der Waals surface area contributed by atoms with Crippen molar-refractivity contribution in [2.24, 2.45) is 5.16 Å². The van der Waals surface area contributed by atoms with Gasteiger partial charge in [0.15, 0.2) is 5.82 Å². The van der Waals surface area contributed by atoms with E-state index in [1.54, 1.807) is 25.1 Å². The lowest BCUT2D eigenvalue weighted by Crippen LogP contribution is -2.63. The van der Waals surface area contributed by atoms with Crippen molar-refractivity contribution in [1.29, 1.82) is 0 Å². The highest BCUT2D eigenvalue weighted by Gasteiger charge is 2.56. The Morgan fingerprint density at radius 3 is 2.45 bits per heavy atom. The predicted octanol–water partition coefficient (Wildman–Crippen LogP) is 4.84. The number of hydrogen-bond donors (Lipinski definition) is 0. The first-order chi connectivity index (χ1) is 15.4. The number of oxime groups is 1. The Bertz CT molecular complexity index is 1190. The molecule has 6 nitrogen and oxygen atoms in total. The van der Waals surface area contributed by atoms with Crippen LogP contribution in [0.3, 0.4) is 0 Å². The number of halogens is 6. The quantitative estimate of drug-likeness (QED) is 0.433. The van der Waals surface area contributed by atoms with Gasteiger partial charge in [0.2, 0.25) is 0 Å². The molecule has 0 aromatic heterocycles. The van der Waals surface area contributed by atoms with Gasteiger partial charge in [0, 0.05) is 18.1 Å². The van der Waals surface area contributed by atoms with Crippen molar-refractivity contribution in [2.75, 3.05) is 13.1 Å². The van der Waals surface area contributed by atoms with Gasteiger partial charge in [-0.2, -0.15) is 13.2 Å². The highest BCUT2D eigenvalue weighted by molar-refractivity contribution is 6.35. The molecule has 3 aliphatic rings. The molecule has 5 rings (SSSR count). The predicted molar refractivity (Wildman–Crippen MR) is 108 cm³/mol. The fraction of sp³-hybridized carbons (Fsp3) is 0.333. The maximum Gasteiger partial charge on any atom is 0.471 e. The Balaban J connectivity index is 1.34. The first kappa shape index (κ1) is 22.2. The molecular formula is C21H14Cl2F4N2O4. The van der Waals surface area contributed by atoms with Crippen LogP contribution in [0.15, 0.2) is 35.5 Å². The van der Waals surface area contributed by atoms with Crippen LogP contribution in [0.5, 0.6) is 0 Å². The second kappa shape index (κ2) is 7.22. The van der Waals surface area contributed by atoms with E-state index in [1.807, 2.05) is 0 Å². The number of benzene rings is 2. The van der Waals surface area contributed by atoms with Crippen LogP contribution in [0, 0.1) is 5.82 Å². The summed E-state index contributed by atoms with van der Waals surface area (Å²) >= 11 is 11.7. The highest BCUT2D eigenvalue weighted by Crippen LogP contribution is 2.45. The molecule has 1 amide bonds. The van der Waals surface area contributed by atoms with Crippen molar-refractivity contribution in [2.45, 2.75) is 31.1 Å². The SMILES string of the molecule is CC1(c2cc(Cl)c(F)c(Cl)c2)ON=C(c2ccc3c(c2)COC32CN(C(=O)C(F)(F)F)C2)O1. The summed E-state index contributed by atoms with van der Waals surface area (Å²) in [6.45, 7) is 1.37. The van der Waals surface area contributed by atoms with E-state index in [9.17, 15) is 22.4 Å². The molecule has 1 atom stereocenters. The van der Waals surface area contributed by atoms with Crippen LogP contribution < -0.4 is 0 Å². The fourth-order valence-electron chi connectivity index (χ4n) is 4.13. The van der Waals surface area contributed by atoms with Crippen molar-refractivity contribution < 1.29 is 36.7 Å². The summed E-state index contributed by atoms with van der Waals surface area (Å²) in [5, 5.41) is 3.58. The summed E-state index contributed by atoms with van der Waals surface area (Å²) in [7, 11) is 0. The lowest BCUT2D eigenvalue weighted by Gasteiger charge is -2.47. The summed E-state index contributed by atoms with van der Waals surface area (Å²) in [4.78, 5) is 17.6. The van der Waals surface area contributed by atoms with Crippen molar-refractivity contribution in [1.82, 2.24) is 4.90 Å². The molecule has 3 aliphatic heterocycles. The summed E-state index contributed by atoms with van der Waals surface area (Å²) in [6, 6.07) is 7.76. The van der Waals surface area contributed by atoms with Crippen LogP contribution in [0.25, 0.3) is 0 Å². The van der Waals surface area contributed by atoms with Gasteiger partial charge in [-0.05, 0) is 40.5 Å². The van der Waals surface area contributed by atoms with Gasteiger partial charge in [-0.1, -0.05) is 29.3 Å². The molecule has 0 radical (unpaired) electrons. The topological polar surface area (TPSA) is 60.4 Å². The van der Waals surface area contributed by atoms with Crippen molar-refractivity contribution >= 4 is 35.0 Å². The van der Waals surface area contributed by atoms with Gasteiger partial charge < -0.3 is 19.2 Å². The van der Waals surface area contributed by atoms with E-state index < -0.39 is 29.3 Å². The number of nitrogens with zero attached hydrogens (tertiary/aromatic N) is 2. The molecule has 174 valence electrons. The minimum atomic E-state index is -4.92. The van der Waals surface area contributed by atoms with E-state index in [0.29, 0.717) is 21.6 Å². The number of ether oxygens (including phenoxy) is 2. The normalized spacial score (nSPS) is 23.0. The van der Waals surface area contributed by atoms with Gasteiger partial charge in [-0.25, -0.2) is 4.39 Å². The van der Waals surface area contributed by atoms with Gasteiger partial charge in [0.1, 0.15) is 5.60 Å². The summed E-state index contributed by atoms with van der Waals surface area (Å²) in [5.74, 6) is -3.91. The Morgan fingerprint density at radius 2 is 1.82 bits per heavy atom. The third-order valence-electron chi connectivity index (χ3n) is 5.87. The average Bonchev–Trinajstić information content (AvgIpc) is 3.31. The molecule has 3 heterocycles. The van der Waals surface area contributed by atoms with Gasteiger partial charge in [-0.3, -0.25) is 4.79 Å². The van der Waals surface area contributed by atoms with Gasteiger partial charge in [0.05, 0.1) is 29.7 Å². The van der Waals surface area contributed by atoms with E-state index in [1.165, 1.54) is 12.1 Å². The van der Waals surface area contributed by atoms with Crippen LogP contribution in [0.4, 0.5) is 17.6 Å². The minimum Gasteiger partial charge on any atom is -0.426 e. The van der Waals surface area contributed by atoms with Crippen molar-refractivity contribution in [3.05, 3.63) is 68.4 Å². The molecule has 2 aromatic carbocycles. The molecule has 1 fully saturated rings. The van der Waals surface area contributed by atoms with Gasteiger partial charge in [-0.15, -0.1) is 0 Å². The maximum atomic E-state index is 13.8. The first-order valence-corrected chi connectivity index (χ1v) is 10.4. The number of hydrogen-bond acceptors (Lipinski definition) is 5. The van der Waals surface area contributed by atoms with Crippen LogP contribution in [-0.4, -0.2) is 36.0 Å². The molecule has 12 heteroatoms. The largest absolute Gasteiger partial charge is 0.471 e. The average molecular weight is 505 g/mol. The fourth-order valence-corrected chi connectivity index (χ4v) is 4.62.